The number of H-pyrrole nitrogens is 2. The fraction of sp³-hybridized carbons (Fsp3) is 0.100. The summed E-state index contributed by atoms with van der Waals surface area (Å²) >= 11 is 0. The van der Waals surface area contributed by atoms with Crippen LogP contribution in [0, 0.1) is 0 Å². The first-order valence-electron chi connectivity index (χ1n) is 5.13. The highest BCUT2D eigenvalue weighted by Crippen LogP contribution is 2.15. The highest BCUT2D eigenvalue weighted by atomic mass is 16.2. The highest BCUT2D eigenvalue weighted by Gasteiger charge is 2.09. The molecule has 3 aromatic rings. The van der Waals surface area contributed by atoms with Crippen molar-refractivity contribution in [1.82, 2.24) is 29.9 Å². The van der Waals surface area contributed by atoms with Crippen LogP contribution in [-0.4, -0.2) is 29.9 Å². The Balaban J connectivity index is 2.28. The third-order valence-corrected chi connectivity index (χ3v) is 2.60. The van der Waals surface area contributed by atoms with Crippen LogP contribution in [0.5, 0.6) is 0 Å². The van der Waals surface area contributed by atoms with Gasteiger partial charge in [0.25, 0.3) is 5.56 Å². The molecule has 0 unspecified atom stereocenters. The minimum Gasteiger partial charge on any atom is -0.313 e. The first kappa shape index (κ1) is 10.4. The Morgan fingerprint density at radius 2 is 2.11 bits per heavy atom. The van der Waals surface area contributed by atoms with E-state index in [2.05, 4.69) is 25.3 Å². The molecule has 3 rings (SSSR count). The lowest BCUT2D eigenvalue weighted by molar-refractivity contribution is 0.796. The molecule has 0 spiro atoms. The normalized spacial score (nSPS) is 10.9. The second-order valence-electron chi connectivity index (χ2n) is 3.75. The number of hydrogen-bond donors (Lipinski definition) is 2. The molecule has 0 amide bonds. The number of nitrogens with zero attached hydrogens (tertiary/aromatic N) is 4. The molecule has 0 aliphatic carbocycles. The molecule has 0 fully saturated rings. The minimum atomic E-state index is -0.557. The van der Waals surface area contributed by atoms with Gasteiger partial charge in [0.2, 0.25) is 0 Å². The Bertz CT molecular complexity index is 843. The van der Waals surface area contributed by atoms with Gasteiger partial charge in [-0.3, -0.25) is 14.5 Å². The Morgan fingerprint density at radius 3 is 2.89 bits per heavy atom. The SMILES string of the molecule is Cn1ncc2nnc(-c3c[nH]c(=O)[nH]c3=O)cc21. The lowest BCUT2D eigenvalue weighted by atomic mass is 10.2. The van der Waals surface area contributed by atoms with Crippen LogP contribution < -0.4 is 11.2 Å². The largest absolute Gasteiger partial charge is 0.325 e. The topological polar surface area (TPSA) is 109 Å². The number of aromatic amines is 2. The molecule has 0 aromatic carbocycles. The van der Waals surface area contributed by atoms with Gasteiger partial charge in [-0.25, -0.2) is 4.79 Å². The van der Waals surface area contributed by atoms with Gasteiger partial charge in [0, 0.05) is 13.2 Å². The second kappa shape index (κ2) is 3.62. The summed E-state index contributed by atoms with van der Waals surface area (Å²) in [6, 6.07) is 1.69. The molecule has 18 heavy (non-hydrogen) atoms. The van der Waals surface area contributed by atoms with E-state index >= 15 is 0 Å². The summed E-state index contributed by atoms with van der Waals surface area (Å²) < 4.78 is 1.63. The summed E-state index contributed by atoms with van der Waals surface area (Å²) in [5.41, 5.74) is 0.967. The molecule has 3 heterocycles. The quantitative estimate of drug-likeness (QED) is 0.594. The first-order chi connectivity index (χ1) is 8.65. The fourth-order valence-corrected chi connectivity index (χ4v) is 1.68. The molecule has 8 nitrogen and oxygen atoms in total. The zero-order valence-electron chi connectivity index (χ0n) is 9.34. The summed E-state index contributed by atoms with van der Waals surface area (Å²) in [4.78, 5) is 27.1. The van der Waals surface area contributed by atoms with E-state index in [1.165, 1.54) is 6.20 Å². The van der Waals surface area contributed by atoms with Gasteiger partial charge in [0.05, 0.1) is 17.3 Å². The van der Waals surface area contributed by atoms with Gasteiger partial charge >= 0.3 is 5.69 Å². The summed E-state index contributed by atoms with van der Waals surface area (Å²) in [7, 11) is 1.77. The van der Waals surface area contributed by atoms with Crippen LogP contribution in [0.2, 0.25) is 0 Å². The molecular formula is C10H8N6O2. The molecular weight excluding hydrogens is 236 g/mol. The zero-order valence-corrected chi connectivity index (χ0v) is 9.34. The van der Waals surface area contributed by atoms with Crippen LogP contribution in [0.3, 0.4) is 0 Å². The standard InChI is InChI=1S/C10H8N6O2/c1-16-8-2-6(14-15-7(8)4-12-16)5-3-11-10(18)13-9(5)17/h2-4H,1H3,(H2,11,13,17,18). The Hall–Kier alpha value is -2.77. The lowest BCUT2D eigenvalue weighted by Gasteiger charge is -1.99. The van der Waals surface area contributed by atoms with E-state index < -0.39 is 11.2 Å². The Labute approximate surface area is 99.3 Å². The van der Waals surface area contributed by atoms with Crippen LogP contribution in [0.15, 0.2) is 28.0 Å². The molecule has 2 N–H and O–H groups in total. The van der Waals surface area contributed by atoms with E-state index in [-0.39, 0.29) is 5.56 Å². The maximum absolute atomic E-state index is 11.6. The predicted octanol–water partition coefficient (Wildman–Crippen LogP) is -0.593. The van der Waals surface area contributed by atoms with Crippen LogP contribution in [0.4, 0.5) is 0 Å². The van der Waals surface area contributed by atoms with E-state index in [0.29, 0.717) is 11.2 Å². The van der Waals surface area contributed by atoms with Crippen molar-refractivity contribution in [3.8, 4) is 11.3 Å². The van der Waals surface area contributed by atoms with E-state index in [1.54, 1.807) is 24.0 Å². The Morgan fingerprint density at radius 1 is 1.28 bits per heavy atom. The van der Waals surface area contributed by atoms with Gasteiger partial charge < -0.3 is 4.98 Å². The summed E-state index contributed by atoms with van der Waals surface area (Å²) in [5, 5.41) is 11.9. The molecule has 8 heteroatoms. The Kier molecular flexibility index (Phi) is 2.09. The minimum absolute atomic E-state index is 0.255. The molecule has 0 aliphatic rings. The van der Waals surface area contributed by atoms with Crippen molar-refractivity contribution in [3.63, 3.8) is 0 Å². The van der Waals surface area contributed by atoms with E-state index in [4.69, 9.17) is 0 Å². The van der Waals surface area contributed by atoms with E-state index in [0.717, 1.165) is 5.52 Å². The fourth-order valence-electron chi connectivity index (χ4n) is 1.68. The predicted molar refractivity (Wildman–Crippen MR) is 63.0 cm³/mol. The number of rotatable bonds is 1. The van der Waals surface area contributed by atoms with Gasteiger partial charge in [-0.05, 0) is 6.07 Å². The molecule has 0 saturated heterocycles. The maximum Gasteiger partial charge on any atom is 0.325 e. The van der Waals surface area contributed by atoms with Crippen molar-refractivity contribution < 1.29 is 0 Å². The third-order valence-electron chi connectivity index (χ3n) is 2.60. The van der Waals surface area contributed by atoms with E-state index in [1.807, 2.05) is 0 Å². The zero-order chi connectivity index (χ0) is 12.7. The molecule has 0 atom stereocenters. The summed E-state index contributed by atoms with van der Waals surface area (Å²) in [6.07, 6.45) is 2.90. The molecule has 3 aromatic heterocycles. The van der Waals surface area contributed by atoms with Gasteiger partial charge in [0.1, 0.15) is 11.2 Å². The van der Waals surface area contributed by atoms with Crippen molar-refractivity contribution >= 4 is 11.0 Å². The van der Waals surface area contributed by atoms with Gasteiger partial charge in [-0.15, -0.1) is 10.2 Å². The van der Waals surface area contributed by atoms with Crippen molar-refractivity contribution in [2.24, 2.45) is 7.05 Å². The maximum atomic E-state index is 11.6. The van der Waals surface area contributed by atoms with Crippen LogP contribution in [-0.2, 0) is 7.05 Å². The summed E-state index contributed by atoms with van der Waals surface area (Å²) in [5.74, 6) is 0. The molecule has 0 aliphatic heterocycles. The van der Waals surface area contributed by atoms with Crippen LogP contribution in [0.25, 0.3) is 22.3 Å². The van der Waals surface area contributed by atoms with Crippen molar-refractivity contribution in [3.05, 3.63) is 39.3 Å². The molecule has 0 bridgehead atoms. The van der Waals surface area contributed by atoms with Gasteiger partial charge in [-0.2, -0.15) is 5.10 Å². The third kappa shape index (κ3) is 1.51. The van der Waals surface area contributed by atoms with Crippen molar-refractivity contribution in [2.75, 3.05) is 0 Å². The average Bonchev–Trinajstić information content (AvgIpc) is 2.71. The highest BCUT2D eigenvalue weighted by molar-refractivity contribution is 5.77. The number of hydrogen-bond acceptors (Lipinski definition) is 5. The number of aryl methyl sites for hydroxylation is 1. The number of fused-ring (bicyclic) bond motifs is 1. The van der Waals surface area contributed by atoms with E-state index in [9.17, 15) is 9.59 Å². The smallest absolute Gasteiger partial charge is 0.313 e. The first-order valence-corrected chi connectivity index (χ1v) is 5.13. The van der Waals surface area contributed by atoms with Gasteiger partial charge in [0.15, 0.2) is 0 Å². The number of nitrogens with one attached hydrogen (secondary N) is 2. The molecule has 0 saturated carbocycles. The number of aromatic nitrogens is 6. The van der Waals surface area contributed by atoms with Gasteiger partial charge in [-0.1, -0.05) is 0 Å². The monoisotopic (exact) mass is 244 g/mol. The molecule has 90 valence electrons. The van der Waals surface area contributed by atoms with Crippen molar-refractivity contribution in [2.45, 2.75) is 0 Å². The average molecular weight is 244 g/mol. The molecule has 0 radical (unpaired) electrons. The van der Waals surface area contributed by atoms with Crippen molar-refractivity contribution in [1.29, 1.82) is 0 Å². The second-order valence-corrected chi connectivity index (χ2v) is 3.75. The lowest BCUT2D eigenvalue weighted by Crippen LogP contribution is -2.22. The summed E-state index contributed by atoms with van der Waals surface area (Å²) in [6.45, 7) is 0. The van der Waals surface area contributed by atoms with Crippen LogP contribution in [0.1, 0.15) is 0 Å². The van der Waals surface area contributed by atoms with Crippen LogP contribution >= 0.6 is 0 Å².